The normalized spacial score (nSPS) is 11.5. The Morgan fingerprint density at radius 2 is 1.57 bits per heavy atom. The van der Waals surface area contributed by atoms with Crippen LogP contribution >= 0.6 is 23.2 Å². The molecule has 2 amide bonds. The molecule has 0 aliphatic heterocycles. The second-order valence-electron chi connectivity index (χ2n) is 10.8. The smallest absolute Gasteiger partial charge is 0.335 e. The van der Waals surface area contributed by atoms with Crippen molar-refractivity contribution in [3.8, 4) is 28.5 Å². The molecule has 0 aliphatic rings. The zero-order valence-corrected chi connectivity index (χ0v) is 27.4. The SMILES string of the molecule is CCCCn1cc(-c2ccc(Cl)cc2Cl)nc1[C@H](Cc1ccc(Oc2ccc(C(=O)O)cc2)cc1)NC(=O)Nc1ccc(OC)cc1. The summed E-state index contributed by atoms with van der Waals surface area (Å²) in [6, 6.07) is 25.2. The molecule has 242 valence electrons. The maximum atomic E-state index is 13.4. The number of benzene rings is 4. The van der Waals surface area contributed by atoms with Gasteiger partial charge in [0.15, 0.2) is 0 Å². The quantitative estimate of drug-likeness (QED) is 0.115. The number of unbranched alkanes of at least 4 members (excludes halogenated alkanes) is 1. The van der Waals surface area contributed by atoms with Crippen molar-refractivity contribution in [3.63, 3.8) is 0 Å². The van der Waals surface area contributed by atoms with Crippen molar-refractivity contribution in [2.24, 2.45) is 0 Å². The van der Waals surface area contributed by atoms with Gasteiger partial charge < -0.3 is 29.8 Å². The largest absolute Gasteiger partial charge is 0.497 e. The standard InChI is InChI=1S/C36H34Cl2N4O5/c1-3-4-19-42-22-33(30-18-9-25(37)21-31(30)38)40-34(42)32(41-36(45)39-26-10-16-27(46-2)17-11-26)20-23-5-12-28(13-6-23)47-29-14-7-24(8-15-29)35(43)44/h5-18,21-22,32H,3-4,19-20H2,1-2H3,(H,43,44)(H2,39,41,45)/t32-/m0/s1. The minimum Gasteiger partial charge on any atom is -0.497 e. The van der Waals surface area contributed by atoms with Crippen molar-refractivity contribution < 1.29 is 24.2 Å². The third-order valence-corrected chi connectivity index (χ3v) is 7.98. The van der Waals surface area contributed by atoms with E-state index in [1.165, 1.54) is 12.1 Å². The predicted molar refractivity (Wildman–Crippen MR) is 184 cm³/mol. The number of anilines is 1. The summed E-state index contributed by atoms with van der Waals surface area (Å²) in [5, 5.41) is 16.2. The van der Waals surface area contributed by atoms with Gasteiger partial charge in [-0.1, -0.05) is 48.7 Å². The van der Waals surface area contributed by atoms with Gasteiger partial charge in [0.1, 0.15) is 23.1 Å². The Balaban J connectivity index is 1.43. The minimum absolute atomic E-state index is 0.182. The Morgan fingerprint density at radius 1 is 0.915 bits per heavy atom. The van der Waals surface area contributed by atoms with Gasteiger partial charge in [-0.25, -0.2) is 14.6 Å². The number of carbonyl (C=O) groups excluding carboxylic acids is 1. The van der Waals surface area contributed by atoms with E-state index in [9.17, 15) is 9.59 Å². The van der Waals surface area contributed by atoms with Gasteiger partial charge in [-0.05, 0) is 97.3 Å². The molecule has 0 aliphatic carbocycles. The van der Waals surface area contributed by atoms with Crippen LogP contribution in [0, 0.1) is 0 Å². The van der Waals surface area contributed by atoms with Gasteiger partial charge in [0.25, 0.3) is 0 Å². The average Bonchev–Trinajstić information content (AvgIpc) is 3.48. The molecule has 5 rings (SSSR count). The van der Waals surface area contributed by atoms with Gasteiger partial charge in [0.2, 0.25) is 0 Å². The molecule has 4 aromatic carbocycles. The van der Waals surface area contributed by atoms with Crippen LogP contribution in [0.2, 0.25) is 10.0 Å². The monoisotopic (exact) mass is 672 g/mol. The molecule has 0 saturated carbocycles. The molecule has 0 saturated heterocycles. The number of nitrogens with zero attached hydrogens (tertiary/aromatic N) is 2. The van der Waals surface area contributed by atoms with Crippen LogP contribution in [0.25, 0.3) is 11.3 Å². The van der Waals surface area contributed by atoms with Crippen LogP contribution in [0.15, 0.2) is 97.2 Å². The Bertz CT molecular complexity index is 1820. The second-order valence-corrected chi connectivity index (χ2v) is 11.7. The van der Waals surface area contributed by atoms with Crippen LogP contribution in [0.4, 0.5) is 10.5 Å². The number of hydrogen-bond acceptors (Lipinski definition) is 5. The Morgan fingerprint density at radius 3 is 2.19 bits per heavy atom. The fourth-order valence-corrected chi connectivity index (χ4v) is 5.49. The van der Waals surface area contributed by atoms with E-state index in [0.717, 1.165) is 24.0 Å². The Labute approximate surface area is 283 Å². The van der Waals surface area contributed by atoms with E-state index in [2.05, 4.69) is 22.1 Å². The van der Waals surface area contributed by atoms with Crippen LogP contribution in [0.5, 0.6) is 17.2 Å². The van der Waals surface area contributed by atoms with Crippen molar-refractivity contribution in [3.05, 3.63) is 124 Å². The summed E-state index contributed by atoms with van der Waals surface area (Å²) in [6.07, 6.45) is 4.29. The molecular weight excluding hydrogens is 639 g/mol. The predicted octanol–water partition coefficient (Wildman–Crippen LogP) is 9.26. The number of aromatic nitrogens is 2. The summed E-state index contributed by atoms with van der Waals surface area (Å²) < 4.78 is 13.2. The van der Waals surface area contributed by atoms with Crippen LogP contribution in [-0.4, -0.2) is 33.8 Å². The van der Waals surface area contributed by atoms with E-state index in [0.29, 0.717) is 57.5 Å². The molecule has 0 spiro atoms. The summed E-state index contributed by atoms with van der Waals surface area (Å²) in [5.41, 5.74) is 3.15. The van der Waals surface area contributed by atoms with E-state index in [1.54, 1.807) is 55.6 Å². The zero-order valence-electron chi connectivity index (χ0n) is 25.9. The molecule has 0 bridgehead atoms. The fraction of sp³-hybridized carbons (Fsp3) is 0.194. The highest BCUT2D eigenvalue weighted by Crippen LogP contribution is 2.32. The highest BCUT2D eigenvalue weighted by Gasteiger charge is 2.23. The molecule has 9 nitrogen and oxygen atoms in total. The lowest BCUT2D eigenvalue weighted by Gasteiger charge is -2.21. The van der Waals surface area contributed by atoms with E-state index < -0.39 is 12.0 Å². The molecule has 47 heavy (non-hydrogen) atoms. The number of methoxy groups -OCH3 is 1. The summed E-state index contributed by atoms with van der Waals surface area (Å²) in [6.45, 7) is 2.82. The number of hydrogen-bond donors (Lipinski definition) is 3. The number of carboxylic acid groups (broad SMARTS) is 1. The molecule has 0 radical (unpaired) electrons. The Kier molecular flexibility index (Phi) is 11.0. The lowest BCUT2D eigenvalue weighted by atomic mass is 10.0. The van der Waals surface area contributed by atoms with E-state index in [4.69, 9.17) is 42.8 Å². The third-order valence-electron chi connectivity index (χ3n) is 7.43. The third kappa shape index (κ3) is 8.84. The summed E-state index contributed by atoms with van der Waals surface area (Å²) in [7, 11) is 1.59. The summed E-state index contributed by atoms with van der Waals surface area (Å²) in [5.74, 6) is 1.47. The van der Waals surface area contributed by atoms with Gasteiger partial charge in [-0.3, -0.25) is 0 Å². The molecule has 0 unspecified atom stereocenters. The molecule has 3 N–H and O–H groups in total. The van der Waals surface area contributed by atoms with E-state index in [1.807, 2.05) is 36.5 Å². The highest BCUT2D eigenvalue weighted by atomic mass is 35.5. The topological polar surface area (TPSA) is 115 Å². The first-order valence-corrected chi connectivity index (χ1v) is 15.8. The number of carbonyl (C=O) groups is 2. The van der Waals surface area contributed by atoms with Crippen LogP contribution in [0.3, 0.4) is 0 Å². The van der Waals surface area contributed by atoms with Crippen molar-refractivity contribution in [1.82, 2.24) is 14.9 Å². The highest BCUT2D eigenvalue weighted by molar-refractivity contribution is 6.36. The van der Waals surface area contributed by atoms with Gasteiger partial charge >= 0.3 is 12.0 Å². The summed E-state index contributed by atoms with van der Waals surface area (Å²) >= 11 is 12.7. The van der Waals surface area contributed by atoms with Crippen LogP contribution < -0.4 is 20.1 Å². The number of imidazole rings is 1. The molecule has 1 heterocycles. The van der Waals surface area contributed by atoms with Gasteiger partial charge in [0, 0.05) is 29.0 Å². The van der Waals surface area contributed by atoms with Crippen molar-refractivity contribution in [2.45, 2.75) is 38.8 Å². The first kappa shape index (κ1) is 33.4. The number of nitrogens with one attached hydrogen (secondary N) is 2. The first-order valence-electron chi connectivity index (χ1n) is 15.1. The zero-order chi connectivity index (χ0) is 33.3. The van der Waals surface area contributed by atoms with E-state index >= 15 is 0 Å². The van der Waals surface area contributed by atoms with Crippen LogP contribution in [0.1, 0.15) is 47.6 Å². The molecular formula is C36H34Cl2N4O5. The minimum atomic E-state index is -1.000. The molecule has 1 atom stereocenters. The molecule has 1 aromatic heterocycles. The molecule has 11 heteroatoms. The summed E-state index contributed by atoms with van der Waals surface area (Å²) in [4.78, 5) is 29.5. The molecule has 0 fully saturated rings. The first-order chi connectivity index (χ1) is 22.7. The number of ether oxygens (including phenoxy) is 2. The van der Waals surface area contributed by atoms with Crippen molar-refractivity contribution in [2.75, 3.05) is 12.4 Å². The number of aromatic carboxylic acids is 1. The van der Waals surface area contributed by atoms with Gasteiger partial charge in [-0.2, -0.15) is 0 Å². The van der Waals surface area contributed by atoms with Crippen LogP contribution in [-0.2, 0) is 13.0 Å². The lowest BCUT2D eigenvalue weighted by molar-refractivity contribution is 0.0697. The lowest BCUT2D eigenvalue weighted by Crippen LogP contribution is -2.35. The fourth-order valence-electron chi connectivity index (χ4n) is 4.98. The number of rotatable bonds is 13. The van der Waals surface area contributed by atoms with E-state index in [-0.39, 0.29) is 11.6 Å². The maximum absolute atomic E-state index is 13.4. The second kappa shape index (κ2) is 15.5. The van der Waals surface area contributed by atoms with Crippen molar-refractivity contribution in [1.29, 1.82) is 0 Å². The number of urea groups is 1. The number of aryl methyl sites for hydroxylation is 1. The van der Waals surface area contributed by atoms with Gasteiger partial charge in [0.05, 0.1) is 29.4 Å². The number of amides is 2. The number of halogens is 2. The van der Waals surface area contributed by atoms with Crippen molar-refractivity contribution >= 4 is 40.9 Å². The molecule has 5 aromatic rings. The Hall–Kier alpha value is -4.99. The number of carboxylic acids is 1. The van der Waals surface area contributed by atoms with Gasteiger partial charge in [-0.15, -0.1) is 0 Å². The maximum Gasteiger partial charge on any atom is 0.335 e. The average molecular weight is 674 g/mol.